The fourth-order valence-corrected chi connectivity index (χ4v) is 3.72. The van der Waals surface area contributed by atoms with Gasteiger partial charge in [-0.15, -0.1) is 0 Å². The average molecular weight is 446 g/mol. The van der Waals surface area contributed by atoms with Gasteiger partial charge in [0.25, 0.3) is 5.91 Å². The first-order chi connectivity index (χ1) is 15.8. The first-order valence-corrected chi connectivity index (χ1v) is 10.1. The number of halogens is 3. The van der Waals surface area contributed by atoms with Gasteiger partial charge in [0.1, 0.15) is 5.56 Å². The monoisotopic (exact) mass is 446 g/mol. The summed E-state index contributed by atoms with van der Waals surface area (Å²) in [6.45, 7) is 1.88. The summed E-state index contributed by atoms with van der Waals surface area (Å²) in [4.78, 5) is 17.5. The summed E-state index contributed by atoms with van der Waals surface area (Å²) in [7, 11) is 0. The normalized spacial score (nSPS) is 11.8. The van der Waals surface area contributed by atoms with Crippen molar-refractivity contribution in [1.82, 2.24) is 14.6 Å². The number of carbonyl (C=O) groups excluding carboxylic acids is 1. The zero-order valence-corrected chi connectivity index (χ0v) is 17.4. The van der Waals surface area contributed by atoms with E-state index < -0.39 is 17.8 Å². The molecule has 2 heterocycles. The van der Waals surface area contributed by atoms with E-state index in [1.54, 1.807) is 36.4 Å². The number of nitrogens with one attached hydrogen (secondary N) is 1. The topological polar surface area (TPSA) is 59.3 Å². The number of aryl methyl sites for hydroxylation is 1. The smallest absolute Gasteiger partial charge is 0.321 e. The summed E-state index contributed by atoms with van der Waals surface area (Å²) >= 11 is 0. The highest BCUT2D eigenvalue weighted by atomic mass is 19.4. The molecule has 0 spiro atoms. The Morgan fingerprint density at radius 3 is 2.45 bits per heavy atom. The zero-order chi connectivity index (χ0) is 23.2. The minimum Gasteiger partial charge on any atom is -0.321 e. The molecular weight excluding hydrogens is 429 g/mol. The maximum atomic E-state index is 13.8. The highest BCUT2D eigenvalue weighted by Gasteiger charge is 2.36. The number of alkyl halides is 3. The van der Waals surface area contributed by atoms with E-state index in [9.17, 15) is 18.0 Å². The van der Waals surface area contributed by atoms with Crippen molar-refractivity contribution in [2.45, 2.75) is 13.1 Å². The number of rotatable bonds is 3. The number of aromatic nitrogens is 3. The van der Waals surface area contributed by atoms with Crippen LogP contribution in [0.15, 0.2) is 79.0 Å². The Morgan fingerprint density at radius 2 is 1.70 bits per heavy atom. The molecule has 2 aromatic heterocycles. The molecule has 0 saturated carbocycles. The molecule has 0 fully saturated rings. The molecule has 0 bridgehead atoms. The van der Waals surface area contributed by atoms with E-state index in [1.807, 2.05) is 37.3 Å². The van der Waals surface area contributed by atoms with Crippen LogP contribution in [0.5, 0.6) is 0 Å². The van der Waals surface area contributed by atoms with Crippen molar-refractivity contribution in [2.75, 3.05) is 5.32 Å². The van der Waals surface area contributed by atoms with Gasteiger partial charge in [-0.05, 0) is 24.4 Å². The van der Waals surface area contributed by atoms with Crippen molar-refractivity contribution in [1.29, 1.82) is 0 Å². The third-order valence-electron chi connectivity index (χ3n) is 5.39. The second kappa shape index (κ2) is 7.74. The number of benzene rings is 3. The molecule has 1 N–H and O–H groups in total. The van der Waals surface area contributed by atoms with E-state index in [0.29, 0.717) is 15.8 Å². The van der Waals surface area contributed by atoms with Gasteiger partial charge in [0, 0.05) is 16.6 Å². The molecule has 8 heteroatoms. The summed E-state index contributed by atoms with van der Waals surface area (Å²) in [5.74, 6) is -0.594. The standard InChI is InChI=1S/C25H17F3N4O/c1-15-9-11-17(12-10-15)21-13-22(25(26,27)28)32-23(30-21)19(14-29-32)24(33)31-20-8-4-6-16-5-2-3-7-18(16)20/h2-14H,1H3,(H,31,33). The van der Waals surface area contributed by atoms with Gasteiger partial charge in [0.15, 0.2) is 11.3 Å². The van der Waals surface area contributed by atoms with Gasteiger partial charge in [-0.2, -0.15) is 18.3 Å². The van der Waals surface area contributed by atoms with Gasteiger partial charge in [0.05, 0.1) is 11.9 Å². The summed E-state index contributed by atoms with van der Waals surface area (Å²) < 4.78 is 42.1. The van der Waals surface area contributed by atoms with Crippen molar-refractivity contribution in [2.24, 2.45) is 0 Å². The number of hydrogen-bond acceptors (Lipinski definition) is 3. The van der Waals surface area contributed by atoms with E-state index in [0.717, 1.165) is 28.6 Å². The maximum Gasteiger partial charge on any atom is 0.433 e. The predicted octanol–water partition coefficient (Wildman–Crippen LogP) is 6.13. The fraction of sp³-hybridized carbons (Fsp3) is 0.0800. The molecule has 0 atom stereocenters. The quantitative estimate of drug-likeness (QED) is 0.363. The number of nitrogens with zero attached hydrogens (tertiary/aromatic N) is 3. The van der Waals surface area contributed by atoms with Gasteiger partial charge in [-0.3, -0.25) is 4.79 Å². The number of amides is 1. The molecule has 5 nitrogen and oxygen atoms in total. The van der Waals surface area contributed by atoms with Gasteiger partial charge < -0.3 is 5.32 Å². The van der Waals surface area contributed by atoms with E-state index in [4.69, 9.17) is 0 Å². The van der Waals surface area contributed by atoms with Gasteiger partial charge >= 0.3 is 6.18 Å². The first-order valence-electron chi connectivity index (χ1n) is 10.1. The lowest BCUT2D eigenvalue weighted by Gasteiger charge is -2.12. The number of hydrogen-bond donors (Lipinski definition) is 1. The summed E-state index contributed by atoms with van der Waals surface area (Å²) in [6.07, 6.45) is -3.58. The van der Waals surface area contributed by atoms with E-state index in [-0.39, 0.29) is 16.9 Å². The summed E-state index contributed by atoms with van der Waals surface area (Å²) in [5.41, 5.74) is 0.899. The summed E-state index contributed by atoms with van der Waals surface area (Å²) in [6, 6.07) is 20.8. The minimum atomic E-state index is -4.68. The van der Waals surface area contributed by atoms with Crippen LogP contribution in [0.25, 0.3) is 27.7 Å². The van der Waals surface area contributed by atoms with Crippen molar-refractivity contribution >= 4 is 28.0 Å². The second-order valence-corrected chi connectivity index (χ2v) is 7.66. The fourth-order valence-electron chi connectivity index (χ4n) is 3.72. The van der Waals surface area contributed by atoms with Crippen LogP contribution in [0, 0.1) is 6.92 Å². The zero-order valence-electron chi connectivity index (χ0n) is 17.4. The highest BCUT2D eigenvalue weighted by Crippen LogP contribution is 2.33. The molecule has 0 aliphatic heterocycles. The third kappa shape index (κ3) is 3.80. The lowest BCUT2D eigenvalue weighted by atomic mass is 10.1. The number of fused-ring (bicyclic) bond motifs is 2. The van der Waals surface area contributed by atoms with Crippen molar-refractivity contribution < 1.29 is 18.0 Å². The van der Waals surface area contributed by atoms with E-state index >= 15 is 0 Å². The molecule has 164 valence electrons. The Morgan fingerprint density at radius 1 is 0.970 bits per heavy atom. The Balaban J connectivity index is 1.63. The lowest BCUT2D eigenvalue weighted by Crippen LogP contribution is -2.16. The highest BCUT2D eigenvalue weighted by molar-refractivity contribution is 6.11. The molecule has 3 aromatic carbocycles. The molecule has 0 saturated heterocycles. The molecular formula is C25H17F3N4O. The average Bonchev–Trinajstić information content (AvgIpc) is 3.22. The molecule has 0 unspecified atom stereocenters. The van der Waals surface area contributed by atoms with Gasteiger partial charge in [-0.1, -0.05) is 66.2 Å². The molecule has 0 aliphatic carbocycles. The lowest BCUT2D eigenvalue weighted by molar-refractivity contribution is -0.142. The predicted molar refractivity (Wildman–Crippen MR) is 120 cm³/mol. The SMILES string of the molecule is Cc1ccc(-c2cc(C(F)(F)F)n3ncc(C(=O)Nc4cccc5ccccc45)c3n2)cc1. The van der Waals surface area contributed by atoms with Crippen LogP contribution in [-0.2, 0) is 6.18 Å². The minimum absolute atomic E-state index is 0.0533. The van der Waals surface area contributed by atoms with Crippen molar-refractivity contribution in [3.05, 3.63) is 95.8 Å². The molecule has 0 aliphatic rings. The van der Waals surface area contributed by atoms with Gasteiger partial charge in [-0.25, -0.2) is 9.50 Å². The Bertz CT molecular complexity index is 1500. The van der Waals surface area contributed by atoms with E-state index in [2.05, 4.69) is 15.4 Å². The Kier molecular flexibility index (Phi) is 4.85. The van der Waals surface area contributed by atoms with Crippen LogP contribution in [-0.4, -0.2) is 20.5 Å². The Hall–Kier alpha value is -4.20. The van der Waals surface area contributed by atoms with Crippen LogP contribution in [0.4, 0.5) is 18.9 Å². The molecule has 5 rings (SSSR count). The molecule has 33 heavy (non-hydrogen) atoms. The number of carbonyl (C=O) groups is 1. The number of anilines is 1. The molecule has 5 aromatic rings. The second-order valence-electron chi connectivity index (χ2n) is 7.66. The summed E-state index contributed by atoms with van der Waals surface area (Å²) in [5, 5.41) is 8.36. The van der Waals surface area contributed by atoms with E-state index in [1.165, 1.54) is 0 Å². The van der Waals surface area contributed by atoms with Crippen molar-refractivity contribution in [3.8, 4) is 11.3 Å². The van der Waals surface area contributed by atoms with Crippen LogP contribution in [0.3, 0.4) is 0 Å². The van der Waals surface area contributed by atoms with Crippen LogP contribution in [0.2, 0.25) is 0 Å². The van der Waals surface area contributed by atoms with Crippen LogP contribution < -0.4 is 5.32 Å². The maximum absolute atomic E-state index is 13.8. The Labute approximate surface area is 186 Å². The van der Waals surface area contributed by atoms with Crippen LogP contribution in [0.1, 0.15) is 21.6 Å². The van der Waals surface area contributed by atoms with Crippen molar-refractivity contribution in [3.63, 3.8) is 0 Å². The largest absolute Gasteiger partial charge is 0.433 e. The van der Waals surface area contributed by atoms with Crippen LogP contribution >= 0.6 is 0 Å². The van der Waals surface area contributed by atoms with Gasteiger partial charge in [0.2, 0.25) is 0 Å². The molecule has 0 radical (unpaired) electrons. The molecule has 1 amide bonds. The first kappa shape index (κ1) is 20.7. The third-order valence-corrected chi connectivity index (χ3v) is 5.39.